The molecule has 0 aliphatic carbocycles. The van der Waals surface area contributed by atoms with Crippen molar-refractivity contribution in [2.24, 2.45) is 0 Å². The summed E-state index contributed by atoms with van der Waals surface area (Å²) in [5, 5.41) is 5.47. The van der Waals surface area contributed by atoms with Gasteiger partial charge in [-0.25, -0.2) is 8.42 Å². The van der Waals surface area contributed by atoms with Crippen LogP contribution in [0.4, 0.5) is 11.4 Å². The highest BCUT2D eigenvalue weighted by Crippen LogP contribution is 2.34. The molecule has 2 amide bonds. The Morgan fingerprint density at radius 2 is 1.76 bits per heavy atom. The lowest BCUT2D eigenvalue weighted by Gasteiger charge is -2.33. The number of nitrogens with one attached hydrogen (secondary N) is 2. The summed E-state index contributed by atoms with van der Waals surface area (Å²) in [6, 6.07) is 13.2. The molecular weight excluding hydrogens is 394 g/mol. The number of hydrogen-bond donors (Lipinski definition) is 2. The SMILES string of the molecule is CC(C)NC(=O)c1ccccc1NC(=O)[C@H]1CN(S(C)(=O)=O)c2ccccc2O1. The van der Waals surface area contributed by atoms with E-state index in [0.29, 0.717) is 22.7 Å². The van der Waals surface area contributed by atoms with Gasteiger partial charge in [-0.15, -0.1) is 0 Å². The zero-order valence-corrected chi connectivity index (χ0v) is 17.2. The predicted molar refractivity (Wildman–Crippen MR) is 111 cm³/mol. The summed E-state index contributed by atoms with van der Waals surface area (Å²) < 4.78 is 31.3. The maximum Gasteiger partial charge on any atom is 0.267 e. The first-order valence-corrected chi connectivity index (χ1v) is 11.0. The van der Waals surface area contributed by atoms with Crippen LogP contribution < -0.4 is 19.7 Å². The molecule has 2 N–H and O–H groups in total. The standard InChI is InChI=1S/C20H23N3O5S/c1-13(2)21-19(24)14-8-4-5-9-15(14)22-20(25)18-12-23(29(3,26)27)16-10-6-7-11-17(16)28-18/h4-11,13,18H,12H2,1-3H3,(H,21,24)(H,22,25)/t18-/m1/s1. The highest BCUT2D eigenvalue weighted by Gasteiger charge is 2.35. The molecule has 8 nitrogen and oxygen atoms in total. The van der Waals surface area contributed by atoms with Crippen molar-refractivity contribution in [1.82, 2.24) is 5.32 Å². The molecule has 0 bridgehead atoms. The summed E-state index contributed by atoms with van der Waals surface area (Å²) >= 11 is 0. The largest absolute Gasteiger partial charge is 0.476 e. The molecule has 0 saturated carbocycles. The van der Waals surface area contributed by atoms with Crippen LogP contribution in [0, 0.1) is 0 Å². The average molecular weight is 417 g/mol. The number of hydrogen-bond acceptors (Lipinski definition) is 5. The summed E-state index contributed by atoms with van der Waals surface area (Å²) in [6.07, 6.45) is 0.0103. The fourth-order valence-corrected chi connectivity index (χ4v) is 3.91. The van der Waals surface area contributed by atoms with Gasteiger partial charge in [-0.2, -0.15) is 0 Å². The van der Waals surface area contributed by atoms with Crippen molar-refractivity contribution in [3.8, 4) is 5.75 Å². The number of ether oxygens (including phenoxy) is 1. The summed E-state index contributed by atoms with van der Waals surface area (Å²) in [4.78, 5) is 25.3. The van der Waals surface area contributed by atoms with E-state index in [0.717, 1.165) is 10.6 Å². The van der Waals surface area contributed by atoms with E-state index in [1.807, 2.05) is 13.8 Å². The number of benzene rings is 2. The van der Waals surface area contributed by atoms with Crippen molar-refractivity contribution in [3.05, 3.63) is 54.1 Å². The van der Waals surface area contributed by atoms with Crippen molar-refractivity contribution >= 4 is 33.2 Å². The zero-order chi connectivity index (χ0) is 21.2. The molecular formula is C20H23N3O5S. The number of amides is 2. The molecule has 154 valence electrons. The first-order valence-electron chi connectivity index (χ1n) is 9.11. The molecule has 9 heteroatoms. The minimum absolute atomic E-state index is 0.0623. The third-order valence-corrected chi connectivity index (χ3v) is 5.42. The second-order valence-electron chi connectivity index (χ2n) is 7.03. The summed E-state index contributed by atoms with van der Waals surface area (Å²) in [6.45, 7) is 3.51. The minimum atomic E-state index is -3.60. The second-order valence-corrected chi connectivity index (χ2v) is 8.94. The topological polar surface area (TPSA) is 105 Å². The summed E-state index contributed by atoms with van der Waals surface area (Å²) in [7, 11) is -3.60. The van der Waals surface area contributed by atoms with Crippen LogP contribution >= 0.6 is 0 Å². The van der Waals surface area contributed by atoms with Crippen LogP contribution in [0.15, 0.2) is 48.5 Å². The fourth-order valence-electron chi connectivity index (χ4n) is 3.00. The number of fused-ring (bicyclic) bond motifs is 1. The van der Waals surface area contributed by atoms with E-state index in [1.54, 1.807) is 48.5 Å². The molecule has 0 spiro atoms. The molecule has 1 heterocycles. The monoisotopic (exact) mass is 417 g/mol. The lowest BCUT2D eigenvalue weighted by Crippen LogP contribution is -2.48. The van der Waals surface area contributed by atoms with Crippen LogP contribution in [0.3, 0.4) is 0 Å². The highest BCUT2D eigenvalue weighted by molar-refractivity contribution is 7.92. The number of nitrogens with zero attached hydrogens (tertiary/aromatic N) is 1. The van der Waals surface area contributed by atoms with Gasteiger partial charge in [-0.1, -0.05) is 24.3 Å². The van der Waals surface area contributed by atoms with Gasteiger partial charge in [0, 0.05) is 6.04 Å². The van der Waals surface area contributed by atoms with Crippen LogP contribution in [-0.4, -0.2) is 45.2 Å². The number of carbonyl (C=O) groups excluding carboxylic acids is 2. The number of sulfonamides is 1. The molecule has 0 unspecified atom stereocenters. The van der Waals surface area contributed by atoms with Gasteiger partial charge >= 0.3 is 0 Å². The Labute approximate surface area is 169 Å². The second kappa shape index (κ2) is 8.12. The third kappa shape index (κ3) is 4.68. The molecule has 2 aromatic rings. The Morgan fingerprint density at radius 3 is 2.45 bits per heavy atom. The smallest absolute Gasteiger partial charge is 0.267 e. The first kappa shape index (κ1) is 20.7. The number of carbonyl (C=O) groups is 2. The van der Waals surface area contributed by atoms with Gasteiger partial charge in [-0.05, 0) is 38.1 Å². The van der Waals surface area contributed by atoms with Gasteiger partial charge in [0.1, 0.15) is 5.75 Å². The van der Waals surface area contributed by atoms with Crippen LogP contribution in [0.25, 0.3) is 0 Å². The van der Waals surface area contributed by atoms with Crippen LogP contribution in [0.2, 0.25) is 0 Å². The van der Waals surface area contributed by atoms with E-state index >= 15 is 0 Å². The van der Waals surface area contributed by atoms with Gasteiger partial charge in [0.2, 0.25) is 10.0 Å². The molecule has 0 radical (unpaired) electrons. The molecule has 1 aliphatic rings. The van der Waals surface area contributed by atoms with Gasteiger partial charge < -0.3 is 15.4 Å². The van der Waals surface area contributed by atoms with Crippen LogP contribution in [0.1, 0.15) is 24.2 Å². The van der Waals surface area contributed by atoms with Gasteiger partial charge in [0.25, 0.3) is 11.8 Å². The molecule has 0 saturated heterocycles. The summed E-state index contributed by atoms with van der Waals surface area (Å²) in [5.74, 6) is -0.559. The molecule has 0 aromatic heterocycles. The predicted octanol–water partition coefficient (Wildman–Crippen LogP) is 1.99. The van der Waals surface area contributed by atoms with Crippen molar-refractivity contribution in [2.45, 2.75) is 26.0 Å². The van der Waals surface area contributed by atoms with Crippen molar-refractivity contribution in [1.29, 1.82) is 0 Å². The fraction of sp³-hybridized carbons (Fsp3) is 0.300. The lowest BCUT2D eigenvalue weighted by atomic mass is 10.1. The van der Waals surface area contributed by atoms with E-state index in [2.05, 4.69) is 10.6 Å². The summed E-state index contributed by atoms with van der Waals surface area (Å²) in [5.41, 5.74) is 1.02. The Hall–Kier alpha value is -3.07. The molecule has 3 rings (SSSR count). The Balaban J connectivity index is 1.85. The van der Waals surface area contributed by atoms with Crippen molar-refractivity contribution in [3.63, 3.8) is 0 Å². The van der Waals surface area contributed by atoms with Crippen LogP contribution in [0.5, 0.6) is 5.75 Å². The third-order valence-electron chi connectivity index (χ3n) is 4.28. The van der Waals surface area contributed by atoms with E-state index in [1.165, 1.54) is 0 Å². The number of rotatable bonds is 5. The normalized spacial score (nSPS) is 16.0. The molecule has 0 fully saturated rings. The zero-order valence-electron chi connectivity index (χ0n) is 16.4. The van der Waals surface area contributed by atoms with Gasteiger partial charge in [0.15, 0.2) is 6.10 Å². The Bertz CT molecular complexity index is 1040. The maximum absolute atomic E-state index is 12.9. The van der Waals surface area contributed by atoms with Crippen LogP contribution in [-0.2, 0) is 14.8 Å². The van der Waals surface area contributed by atoms with E-state index < -0.39 is 22.0 Å². The average Bonchev–Trinajstić information content (AvgIpc) is 2.66. The van der Waals surface area contributed by atoms with Crippen molar-refractivity contribution in [2.75, 3.05) is 22.4 Å². The van der Waals surface area contributed by atoms with Gasteiger partial charge in [-0.3, -0.25) is 13.9 Å². The van der Waals surface area contributed by atoms with E-state index in [4.69, 9.17) is 4.74 Å². The Kier molecular flexibility index (Phi) is 5.78. The van der Waals surface area contributed by atoms with Crippen molar-refractivity contribution < 1.29 is 22.7 Å². The molecule has 2 aromatic carbocycles. The maximum atomic E-state index is 12.9. The molecule has 29 heavy (non-hydrogen) atoms. The molecule has 1 atom stereocenters. The van der Waals surface area contributed by atoms with E-state index in [-0.39, 0.29) is 18.5 Å². The number of para-hydroxylation sites is 3. The van der Waals surface area contributed by atoms with E-state index in [9.17, 15) is 18.0 Å². The number of anilines is 2. The lowest BCUT2D eigenvalue weighted by molar-refractivity contribution is -0.122. The Morgan fingerprint density at radius 1 is 1.10 bits per heavy atom. The quantitative estimate of drug-likeness (QED) is 0.774. The first-order chi connectivity index (χ1) is 13.7. The highest BCUT2D eigenvalue weighted by atomic mass is 32.2. The molecule has 1 aliphatic heterocycles. The minimum Gasteiger partial charge on any atom is -0.476 e. The van der Waals surface area contributed by atoms with Gasteiger partial charge in [0.05, 0.1) is 29.7 Å².